The van der Waals surface area contributed by atoms with Crippen molar-refractivity contribution in [1.82, 2.24) is 4.90 Å². The minimum Gasteiger partial charge on any atom is -0.481 e. The molecule has 1 heterocycles. The van der Waals surface area contributed by atoms with E-state index in [1.54, 1.807) is 48.5 Å². The average Bonchev–Trinajstić information content (AvgIpc) is 2.77. The molecule has 1 saturated heterocycles. The zero-order chi connectivity index (χ0) is 27.5. The van der Waals surface area contributed by atoms with Crippen LogP contribution in [0.4, 0.5) is 0 Å². The molecule has 0 saturated carbocycles. The van der Waals surface area contributed by atoms with Crippen LogP contribution in [0.5, 0.6) is 0 Å². The molecule has 37 heavy (non-hydrogen) atoms. The summed E-state index contributed by atoms with van der Waals surface area (Å²) in [6.07, 6.45) is -2.28. The van der Waals surface area contributed by atoms with Crippen LogP contribution >= 0.6 is 23.2 Å². The van der Waals surface area contributed by atoms with Crippen molar-refractivity contribution in [3.63, 3.8) is 0 Å². The number of halogens is 2. The van der Waals surface area contributed by atoms with Crippen molar-refractivity contribution in [3.8, 4) is 0 Å². The number of hydrogen-bond acceptors (Lipinski definition) is 5. The number of sulfone groups is 1. The van der Waals surface area contributed by atoms with E-state index in [1.807, 2.05) is 27.7 Å². The molecule has 2 aromatic rings. The Morgan fingerprint density at radius 2 is 1.73 bits per heavy atom. The average molecular weight is 571 g/mol. The van der Waals surface area contributed by atoms with Crippen molar-refractivity contribution in [2.75, 3.05) is 11.5 Å². The van der Waals surface area contributed by atoms with E-state index in [1.165, 1.54) is 4.90 Å². The third kappa shape index (κ3) is 7.69. The highest BCUT2D eigenvalue weighted by molar-refractivity contribution is 7.91. The predicted molar refractivity (Wildman–Crippen MR) is 145 cm³/mol. The molecule has 7 nitrogen and oxygen atoms in total. The first-order chi connectivity index (χ1) is 17.2. The fraction of sp³-hybridized carbons (Fsp3) is 0.481. The Balaban J connectivity index is 2.17. The van der Waals surface area contributed by atoms with E-state index in [9.17, 15) is 23.1 Å². The van der Waals surface area contributed by atoms with Crippen molar-refractivity contribution >= 4 is 44.9 Å². The molecule has 1 amide bonds. The SMILES string of the molecule is CCC(CS(=O)(=O)CC(C)(C)C)N1C(=O)C(CC(=O)O)OC(c2cccc(Cl)c2)C1c1ccc(Cl)cc1. The van der Waals surface area contributed by atoms with Gasteiger partial charge in [-0.05, 0) is 47.2 Å². The molecule has 1 aliphatic rings. The van der Waals surface area contributed by atoms with Crippen LogP contribution in [0.25, 0.3) is 0 Å². The van der Waals surface area contributed by atoms with Crippen LogP contribution < -0.4 is 0 Å². The quantitative estimate of drug-likeness (QED) is 0.414. The minimum absolute atomic E-state index is 0.0447. The molecule has 2 aromatic carbocycles. The van der Waals surface area contributed by atoms with Crippen LogP contribution in [0.2, 0.25) is 10.0 Å². The number of nitrogens with zero attached hydrogens (tertiary/aromatic N) is 1. The Morgan fingerprint density at radius 1 is 1.08 bits per heavy atom. The van der Waals surface area contributed by atoms with Crippen molar-refractivity contribution < 1.29 is 27.9 Å². The summed E-state index contributed by atoms with van der Waals surface area (Å²) in [6, 6.07) is 12.4. The van der Waals surface area contributed by atoms with Gasteiger partial charge in [-0.2, -0.15) is 0 Å². The number of aliphatic carboxylic acids is 1. The molecule has 0 radical (unpaired) electrons. The van der Waals surface area contributed by atoms with Crippen LogP contribution in [0.3, 0.4) is 0 Å². The molecule has 1 fully saturated rings. The normalized spacial score (nSPS) is 21.6. The standard InChI is InChI=1S/C27H33Cl2NO6S/c1-5-21(15-37(34,35)16-27(2,3)4)30-24(17-9-11-19(28)12-10-17)25(18-7-6-8-20(29)13-18)36-22(26(30)33)14-23(31)32/h6-13,21-22,24-25H,5,14-16H2,1-4H3,(H,31,32). The monoisotopic (exact) mass is 569 g/mol. The second-order valence-corrected chi connectivity index (χ2v) is 13.6. The van der Waals surface area contributed by atoms with E-state index in [4.69, 9.17) is 27.9 Å². The second-order valence-electron chi connectivity index (χ2n) is 10.6. The van der Waals surface area contributed by atoms with Crippen LogP contribution in [-0.4, -0.2) is 54.0 Å². The van der Waals surface area contributed by atoms with Crippen LogP contribution in [0.15, 0.2) is 48.5 Å². The largest absolute Gasteiger partial charge is 0.481 e. The zero-order valence-electron chi connectivity index (χ0n) is 21.4. The highest BCUT2D eigenvalue weighted by Crippen LogP contribution is 2.45. The van der Waals surface area contributed by atoms with Gasteiger partial charge < -0.3 is 14.7 Å². The lowest BCUT2D eigenvalue weighted by molar-refractivity contribution is -0.182. The first-order valence-electron chi connectivity index (χ1n) is 12.1. The Bertz CT molecular complexity index is 1230. The van der Waals surface area contributed by atoms with Crippen LogP contribution in [0, 0.1) is 5.41 Å². The van der Waals surface area contributed by atoms with E-state index >= 15 is 0 Å². The van der Waals surface area contributed by atoms with E-state index in [0.717, 1.165) is 0 Å². The Labute approximate surface area is 228 Å². The summed E-state index contributed by atoms with van der Waals surface area (Å²) in [5, 5.41) is 10.5. The smallest absolute Gasteiger partial charge is 0.306 e. The molecule has 0 spiro atoms. The van der Waals surface area contributed by atoms with Gasteiger partial charge in [-0.15, -0.1) is 0 Å². The lowest BCUT2D eigenvalue weighted by Crippen LogP contribution is -2.56. The third-order valence-corrected chi connectivity index (χ3v) is 8.83. The maximum Gasteiger partial charge on any atom is 0.306 e. The van der Waals surface area contributed by atoms with E-state index in [2.05, 4.69) is 0 Å². The lowest BCUT2D eigenvalue weighted by atomic mass is 9.89. The molecule has 10 heteroatoms. The first-order valence-corrected chi connectivity index (χ1v) is 14.7. The minimum atomic E-state index is -3.56. The topological polar surface area (TPSA) is 101 Å². The maximum atomic E-state index is 13.8. The van der Waals surface area contributed by atoms with Gasteiger partial charge in [0.15, 0.2) is 9.84 Å². The number of hydrogen-bond donors (Lipinski definition) is 1. The van der Waals surface area contributed by atoms with Crippen molar-refractivity contribution in [2.45, 2.75) is 64.8 Å². The fourth-order valence-corrected chi connectivity index (χ4v) is 7.55. The summed E-state index contributed by atoms with van der Waals surface area (Å²) < 4.78 is 32.6. The van der Waals surface area contributed by atoms with Gasteiger partial charge in [0.2, 0.25) is 0 Å². The van der Waals surface area contributed by atoms with Crippen LogP contribution in [-0.2, 0) is 24.2 Å². The number of carbonyl (C=O) groups excluding carboxylic acids is 1. The molecule has 4 unspecified atom stereocenters. The number of carbonyl (C=O) groups is 2. The Kier molecular flexibility index (Phi) is 9.32. The molecule has 0 aliphatic carbocycles. The zero-order valence-corrected chi connectivity index (χ0v) is 23.7. The fourth-order valence-electron chi connectivity index (χ4n) is 4.81. The number of carboxylic acids is 1. The van der Waals surface area contributed by atoms with Gasteiger partial charge in [0.05, 0.1) is 24.0 Å². The molecule has 1 aliphatic heterocycles. The summed E-state index contributed by atoms with van der Waals surface area (Å²) in [6.45, 7) is 7.36. The van der Waals surface area contributed by atoms with E-state index in [-0.39, 0.29) is 11.5 Å². The van der Waals surface area contributed by atoms with Crippen molar-refractivity contribution in [3.05, 3.63) is 69.7 Å². The van der Waals surface area contributed by atoms with E-state index in [0.29, 0.717) is 27.6 Å². The van der Waals surface area contributed by atoms with Gasteiger partial charge >= 0.3 is 5.97 Å². The molecule has 4 atom stereocenters. The first kappa shape index (κ1) is 29.4. The molecule has 1 N–H and O–H groups in total. The van der Waals surface area contributed by atoms with Gasteiger partial charge in [-0.1, -0.05) is 75.2 Å². The summed E-state index contributed by atoms with van der Waals surface area (Å²) in [7, 11) is -3.56. The van der Waals surface area contributed by atoms with Gasteiger partial charge in [0.25, 0.3) is 5.91 Å². The predicted octanol–water partition coefficient (Wildman–Crippen LogP) is 5.72. The van der Waals surface area contributed by atoms with Crippen molar-refractivity contribution in [2.24, 2.45) is 5.41 Å². The third-order valence-electron chi connectivity index (χ3n) is 6.14. The number of amides is 1. The number of carboxylic acid groups (broad SMARTS) is 1. The Morgan fingerprint density at radius 3 is 2.27 bits per heavy atom. The molecule has 0 bridgehead atoms. The van der Waals surface area contributed by atoms with Crippen molar-refractivity contribution in [1.29, 1.82) is 0 Å². The number of benzene rings is 2. The van der Waals surface area contributed by atoms with Crippen LogP contribution in [0.1, 0.15) is 63.8 Å². The number of ether oxygens (including phenoxy) is 1. The summed E-state index contributed by atoms with van der Waals surface area (Å²) in [4.78, 5) is 27.0. The van der Waals surface area contributed by atoms with E-state index < -0.39 is 57.8 Å². The van der Waals surface area contributed by atoms with Gasteiger partial charge in [-0.25, -0.2) is 8.42 Å². The Hall–Kier alpha value is -2.13. The molecular weight excluding hydrogens is 537 g/mol. The molecule has 202 valence electrons. The van der Waals surface area contributed by atoms with Gasteiger partial charge in [0, 0.05) is 16.1 Å². The number of morpholine rings is 1. The summed E-state index contributed by atoms with van der Waals surface area (Å²) in [5.41, 5.74) is 0.868. The van der Waals surface area contributed by atoms with Gasteiger partial charge in [0.1, 0.15) is 12.2 Å². The number of rotatable bonds is 9. The maximum absolute atomic E-state index is 13.8. The lowest BCUT2D eigenvalue weighted by Gasteiger charge is -2.48. The summed E-state index contributed by atoms with van der Waals surface area (Å²) >= 11 is 12.4. The highest BCUT2D eigenvalue weighted by atomic mass is 35.5. The molecule has 0 aromatic heterocycles. The summed E-state index contributed by atoms with van der Waals surface area (Å²) in [5.74, 6) is -2.05. The second kappa shape index (κ2) is 11.7. The molecular formula is C27H33Cl2NO6S. The highest BCUT2D eigenvalue weighted by Gasteiger charge is 2.48. The molecule has 3 rings (SSSR count). The van der Waals surface area contributed by atoms with Gasteiger partial charge in [-0.3, -0.25) is 9.59 Å².